The quantitative estimate of drug-likeness (QED) is 0.767. The first-order valence-electron chi connectivity index (χ1n) is 8.79. The molecule has 3 amide bonds. The molecule has 0 radical (unpaired) electrons. The van der Waals surface area contributed by atoms with Crippen molar-refractivity contribution in [3.05, 3.63) is 24.5 Å². The molecule has 1 aromatic carbocycles. The Morgan fingerprint density at radius 2 is 2.00 bits per heavy atom. The number of amides is 3. The minimum atomic E-state index is -0.498. The van der Waals surface area contributed by atoms with Crippen LogP contribution in [0.5, 0.6) is 0 Å². The van der Waals surface area contributed by atoms with E-state index in [2.05, 4.69) is 20.6 Å². The Labute approximate surface area is 152 Å². The molecule has 0 spiro atoms. The monoisotopic (exact) mass is 359 g/mol. The average molecular weight is 359 g/mol. The van der Waals surface area contributed by atoms with Crippen LogP contribution in [0.25, 0.3) is 11.0 Å². The Hall–Kier alpha value is -2.77. The van der Waals surface area contributed by atoms with Gasteiger partial charge in [0.25, 0.3) is 0 Å². The molecule has 2 aromatic rings. The highest BCUT2D eigenvalue weighted by Crippen LogP contribution is 2.17. The number of H-pyrrole nitrogens is 1. The number of hydrogen-bond donors (Lipinski definition) is 3. The fraction of sp³-hybridized carbons (Fsp3) is 0.500. The van der Waals surface area contributed by atoms with Crippen molar-refractivity contribution in [3.8, 4) is 0 Å². The van der Waals surface area contributed by atoms with Gasteiger partial charge in [0.05, 0.1) is 17.4 Å². The van der Waals surface area contributed by atoms with Crippen LogP contribution in [0.2, 0.25) is 0 Å². The van der Waals surface area contributed by atoms with Gasteiger partial charge in [-0.3, -0.25) is 0 Å². The smallest absolute Gasteiger partial charge is 0.410 e. The predicted molar refractivity (Wildman–Crippen MR) is 99.1 cm³/mol. The van der Waals surface area contributed by atoms with Gasteiger partial charge in [0.15, 0.2) is 0 Å². The van der Waals surface area contributed by atoms with E-state index >= 15 is 0 Å². The van der Waals surface area contributed by atoms with Crippen LogP contribution in [0, 0.1) is 0 Å². The molecule has 3 rings (SSSR count). The van der Waals surface area contributed by atoms with Crippen LogP contribution in [-0.2, 0) is 4.74 Å². The lowest BCUT2D eigenvalue weighted by molar-refractivity contribution is 0.0202. The molecule has 1 aromatic heterocycles. The number of ether oxygens (including phenoxy) is 1. The summed E-state index contributed by atoms with van der Waals surface area (Å²) in [7, 11) is 0. The molecule has 0 aliphatic carbocycles. The van der Waals surface area contributed by atoms with Crippen LogP contribution in [-0.4, -0.2) is 51.7 Å². The van der Waals surface area contributed by atoms with E-state index in [1.54, 1.807) is 11.2 Å². The zero-order valence-corrected chi connectivity index (χ0v) is 15.3. The minimum Gasteiger partial charge on any atom is -0.444 e. The standard InChI is InChI=1S/C18H25N5O3/c1-18(2,3)26-17(25)23-8-6-12(7-9-23)21-16(24)22-13-4-5-14-15(10-13)20-11-19-14/h4-5,10-12H,6-9H2,1-3H3,(H,19,20)(H2,21,22,24). The number of aromatic nitrogens is 2. The predicted octanol–water partition coefficient (Wildman–Crippen LogP) is 3.08. The number of urea groups is 1. The van der Waals surface area contributed by atoms with Crippen molar-refractivity contribution < 1.29 is 14.3 Å². The van der Waals surface area contributed by atoms with Crippen LogP contribution < -0.4 is 10.6 Å². The number of benzene rings is 1. The zero-order chi connectivity index (χ0) is 18.7. The lowest BCUT2D eigenvalue weighted by Gasteiger charge is -2.33. The van der Waals surface area contributed by atoms with E-state index in [4.69, 9.17) is 4.74 Å². The summed E-state index contributed by atoms with van der Waals surface area (Å²) in [5, 5.41) is 5.80. The topological polar surface area (TPSA) is 99.3 Å². The first kappa shape index (κ1) is 18.0. The molecule has 3 N–H and O–H groups in total. The summed E-state index contributed by atoms with van der Waals surface area (Å²) in [6.45, 7) is 6.69. The molecular formula is C18H25N5O3. The van der Waals surface area contributed by atoms with Gasteiger partial charge in [-0.1, -0.05) is 0 Å². The van der Waals surface area contributed by atoms with Gasteiger partial charge in [0, 0.05) is 24.8 Å². The number of aromatic amines is 1. The number of nitrogens with one attached hydrogen (secondary N) is 3. The van der Waals surface area contributed by atoms with E-state index in [0.29, 0.717) is 31.6 Å². The Balaban J connectivity index is 1.46. The molecule has 0 saturated carbocycles. The van der Waals surface area contributed by atoms with Crippen molar-refractivity contribution in [2.45, 2.75) is 45.3 Å². The third-order valence-corrected chi connectivity index (χ3v) is 4.16. The summed E-state index contributed by atoms with van der Waals surface area (Å²) < 4.78 is 5.38. The fourth-order valence-electron chi connectivity index (χ4n) is 2.90. The number of nitrogens with zero attached hydrogens (tertiary/aromatic N) is 2. The lowest BCUT2D eigenvalue weighted by Crippen LogP contribution is -2.48. The van der Waals surface area contributed by atoms with Gasteiger partial charge in [-0.25, -0.2) is 14.6 Å². The number of rotatable bonds is 2. The zero-order valence-electron chi connectivity index (χ0n) is 15.3. The van der Waals surface area contributed by atoms with Gasteiger partial charge in [-0.05, 0) is 51.8 Å². The third-order valence-electron chi connectivity index (χ3n) is 4.16. The van der Waals surface area contributed by atoms with E-state index in [9.17, 15) is 9.59 Å². The highest BCUT2D eigenvalue weighted by Gasteiger charge is 2.27. The number of carbonyl (C=O) groups excluding carboxylic acids is 2. The molecule has 8 heteroatoms. The molecule has 26 heavy (non-hydrogen) atoms. The maximum absolute atomic E-state index is 12.2. The summed E-state index contributed by atoms with van der Waals surface area (Å²) in [6, 6.07) is 5.28. The summed E-state index contributed by atoms with van der Waals surface area (Å²) >= 11 is 0. The fourth-order valence-corrected chi connectivity index (χ4v) is 2.90. The van der Waals surface area contributed by atoms with Crippen molar-refractivity contribution in [2.24, 2.45) is 0 Å². The van der Waals surface area contributed by atoms with Crippen LogP contribution in [0.3, 0.4) is 0 Å². The number of piperidine rings is 1. The molecule has 1 fully saturated rings. The number of anilines is 1. The van der Waals surface area contributed by atoms with Crippen molar-refractivity contribution in [1.29, 1.82) is 0 Å². The van der Waals surface area contributed by atoms with Gasteiger partial charge in [-0.2, -0.15) is 0 Å². The molecule has 0 atom stereocenters. The molecule has 0 unspecified atom stereocenters. The Morgan fingerprint density at radius 3 is 2.69 bits per heavy atom. The summed E-state index contributed by atoms with van der Waals surface area (Å²) in [5.41, 5.74) is 1.92. The minimum absolute atomic E-state index is 0.0320. The molecule has 1 aliphatic heterocycles. The second-order valence-electron chi connectivity index (χ2n) is 7.47. The molecule has 0 bridgehead atoms. The normalized spacial score (nSPS) is 15.7. The highest BCUT2D eigenvalue weighted by atomic mass is 16.6. The molecule has 2 heterocycles. The summed E-state index contributed by atoms with van der Waals surface area (Å²) in [4.78, 5) is 33.1. The molecule has 8 nitrogen and oxygen atoms in total. The van der Waals surface area contributed by atoms with Crippen molar-refractivity contribution in [1.82, 2.24) is 20.2 Å². The lowest BCUT2D eigenvalue weighted by atomic mass is 10.1. The second-order valence-corrected chi connectivity index (χ2v) is 7.47. The van der Waals surface area contributed by atoms with Crippen molar-refractivity contribution >= 4 is 28.8 Å². The maximum atomic E-state index is 12.2. The average Bonchev–Trinajstić information content (AvgIpc) is 3.01. The Bertz CT molecular complexity index is 787. The Morgan fingerprint density at radius 1 is 1.27 bits per heavy atom. The third kappa shape index (κ3) is 4.65. The van der Waals surface area contributed by atoms with Gasteiger partial charge in [-0.15, -0.1) is 0 Å². The van der Waals surface area contributed by atoms with E-state index in [-0.39, 0.29) is 18.2 Å². The van der Waals surface area contributed by atoms with Crippen LogP contribution in [0.4, 0.5) is 15.3 Å². The van der Waals surface area contributed by atoms with E-state index < -0.39 is 5.60 Å². The maximum Gasteiger partial charge on any atom is 0.410 e. The Kier molecular flexibility index (Phi) is 5.01. The summed E-state index contributed by atoms with van der Waals surface area (Å²) in [6.07, 6.45) is 2.72. The SMILES string of the molecule is CC(C)(C)OC(=O)N1CCC(NC(=O)Nc2ccc3nc[nH]c3c2)CC1. The van der Waals surface area contributed by atoms with Gasteiger partial charge in [0.1, 0.15) is 5.60 Å². The van der Waals surface area contributed by atoms with Crippen molar-refractivity contribution in [2.75, 3.05) is 18.4 Å². The highest BCUT2D eigenvalue weighted by molar-refractivity contribution is 5.92. The molecule has 1 saturated heterocycles. The van der Waals surface area contributed by atoms with Crippen molar-refractivity contribution in [3.63, 3.8) is 0 Å². The molecule has 140 valence electrons. The molecule has 1 aliphatic rings. The van der Waals surface area contributed by atoms with E-state index in [1.807, 2.05) is 39.0 Å². The largest absolute Gasteiger partial charge is 0.444 e. The summed E-state index contributed by atoms with van der Waals surface area (Å²) in [5.74, 6) is 0. The number of likely N-dealkylation sites (tertiary alicyclic amines) is 1. The van der Waals surface area contributed by atoms with E-state index in [1.165, 1.54) is 0 Å². The van der Waals surface area contributed by atoms with Crippen LogP contribution in [0.1, 0.15) is 33.6 Å². The van der Waals surface area contributed by atoms with E-state index in [0.717, 1.165) is 11.0 Å². The number of carbonyl (C=O) groups is 2. The van der Waals surface area contributed by atoms with Gasteiger partial charge < -0.3 is 25.3 Å². The van der Waals surface area contributed by atoms with Crippen LogP contribution in [0.15, 0.2) is 24.5 Å². The van der Waals surface area contributed by atoms with Crippen LogP contribution >= 0.6 is 0 Å². The number of imidazole rings is 1. The number of hydrogen-bond acceptors (Lipinski definition) is 4. The first-order chi connectivity index (χ1) is 12.3. The van der Waals surface area contributed by atoms with Gasteiger partial charge >= 0.3 is 12.1 Å². The first-order valence-corrected chi connectivity index (χ1v) is 8.79. The number of fused-ring (bicyclic) bond motifs is 1. The second kappa shape index (κ2) is 7.23. The molecular weight excluding hydrogens is 334 g/mol. The van der Waals surface area contributed by atoms with Gasteiger partial charge in [0.2, 0.25) is 0 Å².